The van der Waals surface area contributed by atoms with Gasteiger partial charge in [-0.05, 0) is 46.6 Å². The van der Waals surface area contributed by atoms with E-state index in [9.17, 15) is 14.7 Å². The van der Waals surface area contributed by atoms with Crippen LogP contribution in [0.25, 0.3) is 0 Å². The average Bonchev–Trinajstić information content (AvgIpc) is 3.12. The van der Waals surface area contributed by atoms with Crippen molar-refractivity contribution in [2.45, 2.75) is 141 Å². The fourth-order valence-corrected chi connectivity index (χ4v) is 9.60. The predicted octanol–water partition coefficient (Wildman–Crippen LogP) is 6.68. The number of aliphatic hydroxyl groups is 1. The van der Waals surface area contributed by atoms with Gasteiger partial charge in [-0.2, -0.15) is 0 Å². The number of ether oxygens (including phenoxy) is 2. The Morgan fingerprint density at radius 1 is 1.00 bits per heavy atom. The maximum atomic E-state index is 13.3. The van der Waals surface area contributed by atoms with Crippen LogP contribution in [-0.2, 0) is 26.9 Å². The molecule has 1 aliphatic rings. The lowest BCUT2D eigenvalue weighted by Gasteiger charge is -2.50. The quantitative estimate of drug-likeness (QED) is 0.315. The standard InChI is InChI=1S/C33H56N2O6Si2/c1-29(2,3)24-18-16-15-17-23(24)20-39-25-19-35(28(37)34-27(25)36)32(10)22-33(38,42(11,12)30(4,5)6)26(41-32)21-40-43(13,14)31(7,8)9/h15-19,26,38H,20-22H2,1-14H3,(H,34,36,37)/t26-,32-,33-/m1/s1. The summed E-state index contributed by atoms with van der Waals surface area (Å²) in [7, 11) is -4.67. The zero-order valence-corrected chi connectivity index (χ0v) is 31.0. The van der Waals surface area contributed by atoms with Gasteiger partial charge in [0.25, 0.3) is 5.56 Å². The molecular formula is C33H56N2O6Si2. The van der Waals surface area contributed by atoms with Crippen molar-refractivity contribution in [1.82, 2.24) is 9.55 Å². The molecule has 3 atom stereocenters. The highest BCUT2D eigenvalue weighted by Crippen LogP contribution is 2.53. The van der Waals surface area contributed by atoms with Crippen molar-refractivity contribution in [1.29, 1.82) is 0 Å². The van der Waals surface area contributed by atoms with Crippen LogP contribution in [0.4, 0.5) is 0 Å². The van der Waals surface area contributed by atoms with E-state index in [1.165, 1.54) is 10.8 Å². The molecule has 242 valence electrons. The van der Waals surface area contributed by atoms with Gasteiger partial charge in [-0.1, -0.05) is 99.7 Å². The minimum atomic E-state index is -2.50. The third-order valence-electron chi connectivity index (χ3n) is 10.5. The predicted molar refractivity (Wildman–Crippen MR) is 179 cm³/mol. The Bertz CT molecular complexity index is 1430. The molecule has 43 heavy (non-hydrogen) atoms. The average molecular weight is 633 g/mol. The number of H-pyrrole nitrogens is 1. The summed E-state index contributed by atoms with van der Waals surface area (Å²) >= 11 is 0. The second-order valence-electron chi connectivity index (χ2n) is 16.6. The lowest BCUT2D eigenvalue weighted by molar-refractivity contribution is -0.111. The summed E-state index contributed by atoms with van der Waals surface area (Å²) in [6.45, 7) is 30.3. The van der Waals surface area contributed by atoms with Crippen LogP contribution in [0.1, 0.15) is 86.8 Å². The van der Waals surface area contributed by atoms with Gasteiger partial charge in [-0.15, -0.1) is 0 Å². The first-order valence-electron chi connectivity index (χ1n) is 15.4. The third-order valence-corrected chi connectivity index (χ3v) is 21.4. The Morgan fingerprint density at radius 2 is 1.58 bits per heavy atom. The molecular weight excluding hydrogens is 577 g/mol. The van der Waals surface area contributed by atoms with E-state index in [-0.39, 0.29) is 40.9 Å². The number of hydrogen-bond acceptors (Lipinski definition) is 6. The lowest BCUT2D eigenvalue weighted by Crippen LogP contribution is -2.65. The van der Waals surface area contributed by atoms with Crippen molar-refractivity contribution in [2.75, 3.05) is 6.61 Å². The highest BCUT2D eigenvalue weighted by molar-refractivity contribution is 6.83. The van der Waals surface area contributed by atoms with Gasteiger partial charge < -0.3 is 19.0 Å². The number of aromatic nitrogens is 2. The SMILES string of the molecule is CC(C)(C)c1ccccc1COc1cn([C@@]2(C)C[C@@](O)([Si](C)(C)C(C)(C)C)[C@@H](CO[Si](C)(C)C(C)(C)C)O2)c(=O)[nH]c1=O. The van der Waals surface area contributed by atoms with Crippen LogP contribution in [0, 0.1) is 0 Å². The fraction of sp³-hybridized carbons (Fsp3) is 0.697. The highest BCUT2D eigenvalue weighted by atomic mass is 28.4. The molecule has 3 rings (SSSR count). The first kappa shape index (κ1) is 35.5. The molecule has 10 heteroatoms. The highest BCUT2D eigenvalue weighted by Gasteiger charge is 2.65. The van der Waals surface area contributed by atoms with Crippen molar-refractivity contribution in [3.05, 3.63) is 62.4 Å². The molecule has 1 aromatic heterocycles. The Hall–Kier alpha value is -1.99. The zero-order chi connectivity index (χ0) is 33.0. The summed E-state index contributed by atoms with van der Waals surface area (Å²) in [5.41, 5.74) is -0.479. The molecule has 8 nitrogen and oxygen atoms in total. The van der Waals surface area contributed by atoms with E-state index in [4.69, 9.17) is 13.9 Å². The largest absolute Gasteiger partial charge is 0.482 e. The summed E-state index contributed by atoms with van der Waals surface area (Å²) in [4.78, 5) is 28.7. The van der Waals surface area contributed by atoms with E-state index < -0.39 is 44.7 Å². The van der Waals surface area contributed by atoms with Gasteiger partial charge in [0.15, 0.2) is 8.32 Å². The summed E-state index contributed by atoms with van der Waals surface area (Å²) in [5.74, 6) is 0.0185. The van der Waals surface area contributed by atoms with Crippen LogP contribution >= 0.6 is 0 Å². The Morgan fingerprint density at radius 3 is 2.12 bits per heavy atom. The molecule has 1 aliphatic heterocycles. The molecule has 1 aromatic carbocycles. The monoisotopic (exact) mass is 632 g/mol. The summed E-state index contributed by atoms with van der Waals surface area (Å²) in [6, 6.07) is 7.98. The number of benzene rings is 1. The van der Waals surface area contributed by atoms with Gasteiger partial charge >= 0.3 is 5.69 Å². The maximum Gasteiger partial charge on any atom is 0.330 e. The topological polar surface area (TPSA) is 103 Å². The first-order valence-corrected chi connectivity index (χ1v) is 21.3. The van der Waals surface area contributed by atoms with Gasteiger partial charge in [0.2, 0.25) is 5.75 Å². The molecule has 0 saturated carbocycles. The van der Waals surface area contributed by atoms with Crippen LogP contribution in [0.15, 0.2) is 40.1 Å². The van der Waals surface area contributed by atoms with E-state index in [0.717, 1.165) is 11.1 Å². The minimum absolute atomic E-state index is 0.0162. The number of aromatic amines is 1. The van der Waals surface area contributed by atoms with Gasteiger partial charge in [0.05, 0.1) is 26.1 Å². The number of nitrogens with zero attached hydrogens (tertiary/aromatic N) is 1. The molecule has 2 heterocycles. The summed E-state index contributed by atoms with van der Waals surface area (Å²) < 4.78 is 20.8. The van der Waals surface area contributed by atoms with E-state index in [0.29, 0.717) is 0 Å². The number of rotatable bonds is 8. The number of hydrogen-bond donors (Lipinski definition) is 2. The Kier molecular flexibility index (Phi) is 9.43. The smallest absolute Gasteiger partial charge is 0.330 e. The molecule has 2 N–H and O–H groups in total. The number of nitrogens with one attached hydrogen (secondary N) is 1. The molecule has 0 spiro atoms. The second kappa shape index (κ2) is 11.4. The van der Waals surface area contributed by atoms with E-state index in [1.54, 1.807) is 6.92 Å². The lowest BCUT2D eigenvalue weighted by atomic mass is 9.84. The van der Waals surface area contributed by atoms with Crippen molar-refractivity contribution in [2.24, 2.45) is 0 Å². The van der Waals surface area contributed by atoms with Crippen LogP contribution in [0.5, 0.6) is 5.75 Å². The van der Waals surface area contributed by atoms with Crippen molar-refractivity contribution < 1.29 is 19.0 Å². The molecule has 1 fully saturated rings. The van der Waals surface area contributed by atoms with Crippen molar-refractivity contribution >= 4 is 16.4 Å². The van der Waals surface area contributed by atoms with Gasteiger partial charge in [0, 0.05) is 6.42 Å². The van der Waals surface area contributed by atoms with Crippen molar-refractivity contribution in [3.8, 4) is 5.75 Å². The normalized spacial score (nSPS) is 23.9. The van der Waals surface area contributed by atoms with Crippen LogP contribution < -0.4 is 16.0 Å². The molecule has 0 aliphatic carbocycles. The van der Waals surface area contributed by atoms with Gasteiger partial charge in [0.1, 0.15) is 18.4 Å². The summed E-state index contributed by atoms with van der Waals surface area (Å²) in [5, 5.41) is 11.2. The van der Waals surface area contributed by atoms with Crippen LogP contribution in [0.2, 0.25) is 36.3 Å². The van der Waals surface area contributed by atoms with Gasteiger partial charge in [-0.3, -0.25) is 14.3 Å². The third kappa shape index (κ3) is 6.83. The fourth-order valence-electron chi connectivity index (χ4n) is 5.59. The second-order valence-corrected chi connectivity index (χ2v) is 27.1. The van der Waals surface area contributed by atoms with Crippen LogP contribution in [0.3, 0.4) is 0 Å². The maximum absolute atomic E-state index is 13.3. The zero-order valence-electron chi connectivity index (χ0n) is 29.0. The van der Waals surface area contributed by atoms with Gasteiger partial charge in [-0.25, -0.2) is 4.79 Å². The molecule has 0 radical (unpaired) electrons. The van der Waals surface area contributed by atoms with Crippen LogP contribution in [-0.4, -0.2) is 49.0 Å². The van der Waals surface area contributed by atoms with E-state index in [1.807, 2.05) is 18.2 Å². The molecule has 0 bridgehead atoms. The molecule has 1 saturated heterocycles. The molecule has 0 unspecified atom stereocenters. The minimum Gasteiger partial charge on any atom is -0.482 e. The summed E-state index contributed by atoms with van der Waals surface area (Å²) in [6.07, 6.45) is 0.957. The van der Waals surface area contributed by atoms with E-state index >= 15 is 0 Å². The van der Waals surface area contributed by atoms with Crippen molar-refractivity contribution in [3.63, 3.8) is 0 Å². The Balaban J connectivity index is 2.04. The molecule has 0 amide bonds. The Labute approximate surface area is 260 Å². The molecule has 2 aromatic rings. The first-order chi connectivity index (χ1) is 19.3. The van der Waals surface area contributed by atoms with E-state index in [2.05, 4.69) is 99.6 Å².